The van der Waals surface area contributed by atoms with Gasteiger partial charge in [0.15, 0.2) is 11.6 Å². The topological polar surface area (TPSA) is 75.4 Å². The molecule has 1 amide bonds. The van der Waals surface area contributed by atoms with Crippen LogP contribution in [0.1, 0.15) is 5.76 Å². The normalized spacial score (nSPS) is 16.0. The summed E-state index contributed by atoms with van der Waals surface area (Å²) in [6, 6.07) is 5.81. The maximum atomic E-state index is 13.7. The van der Waals surface area contributed by atoms with E-state index in [4.69, 9.17) is 16.6 Å². The quantitative estimate of drug-likeness (QED) is 0.526. The average molecular weight is 372 g/mol. The van der Waals surface area contributed by atoms with Crippen LogP contribution in [-0.4, -0.2) is 20.3 Å². The van der Waals surface area contributed by atoms with Crippen LogP contribution in [0.2, 0.25) is 0 Å². The average Bonchev–Trinajstić information content (AvgIpc) is 3.12. The minimum absolute atomic E-state index is 0.269. The van der Waals surface area contributed by atoms with Gasteiger partial charge in [0.1, 0.15) is 15.7 Å². The molecule has 1 saturated heterocycles. The lowest BCUT2D eigenvalue weighted by Gasteiger charge is -2.03. The van der Waals surface area contributed by atoms with E-state index in [1.54, 1.807) is 30.6 Å². The van der Waals surface area contributed by atoms with Gasteiger partial charge in [-0.1, -0.05) is 30.0 Å². The number of hydrogen-bond donors (Lipinski definition) is 2. The van der Waals surface area contributed by atoms with Gasteiger partial charge in [0.2, 0.25) is 0 Å². The number of aromatic nitrogens is 1. The molecule has 2 aromatic heterocycles. The second-order valence-electron chi connectivity index (χ2n) is 5.27. The largest absolute Gasteiger partial charge is 0.505 e. The van der Waals surface area contributed by atoms with E-state index >= 15 is 0 Å². The molecule has 3 heterocycles. The van der Waals surface area contributed by atoms with Crippen molar-refractivity contribution < 1.29 is 18.7 Å². The van der Waals surface area contributed by atoms with Crippen LogP contribution < -0.4 is 5.32 Å². The Kier molecular flexibility index (Phi) is 3.78. The van der Waals surface area contributed by atoms with Crippen molar-refractivity contribution in [1.29, 1.82) is 0 Å². The van der Waals surface area contributed by atoms with Gasteiger partial charge in [-0.05, 0) is 23.8 Å². The molecule has 4 rings (SSSR count). The lowest BCUT2D eigenvalue weighted by atomic mass is 10.1. The Morgan fingerprint density at radius 2 is 2.16 bits per heavy atom. The molecule has 0 bridgehead atoms. The number of carbonyl (C=O) groups is 1. The monoisotopic (exact) mass is 372 g/mol. The zero-order valence-electron chi connectivity index (χ0n) is 12.4. The molecule has 1 fully saturated rings. The van der Waals surface area contributed by atoms with Crippen molar-refractivity contribution in [3.63, 3.8) is 0 Å². The van der Waals surface area contributed by atoms with E-state index in [-0.39, 0.29) is 5.91 Å². The first-order valence-corrected chi connectivity index (χ1v) is 8.35. The van der Waals surface area contributed by atoms with E-state index < -0.39 is 11.6 Å². The first kappa shape index (κ1) is 15.8. The molecular weight excluding hydrogens is 363 g/mol. The van der Waals surface area contributed by atoms with Crippen molar-refractivity contribution in [2.75, 3.05) is 0 Å². The third-order valence-corrected chi connectivity index (χ3v) is 4.78. The van der Waals surface area contributed by atoms with Crippen LogP contribution in [0.25, 0.3) is 28.2 Å². The van der Waals surface area contributed by atoms with Gasteiger partial charge in [-0.2, -0.15) is 0 Å². The van der Waals surface area contributed by atoms with Crippen LogP contribution in [0.5, 0.6) is 5.75 Å². The highest BCUT2D eigenvalue weighted by atomic mass is 32.2. The molecule has 0 radical (unpaired) electrons. The number of furan rings is 1. The lowest BCUT2D eigenvalue weighted by molar-refractivity contribution is -0.115. The zero-order valence-corrected chi connectivity index (χ0v) is 14.1. The summed E-state index contributed by atoms with van der Waals surface area (Å²) in [6.45, 7) is 0. The standard InChI is InChI=1S/C17H9FN2O3S2/c18-12-4-8(1-2-13(12)21)11-7-19-6-9-3-10(23-15(9)11)5-14-16(22)20-17(24)25-14/h1-7,21H,(H,20,22,24)/b14-5+. The van der Waals surface area contributed by atoms with Gasteiger partial charge in [-0.25, -0.2) is 4.39 Å². The highest BCUT2D eigenvalue weighted by molar-refractivity contribution is 8.26. The lowest BCUT2D eigenvalue weighted by Crippen LogP contribution is -2.17. The number of pyridine rings is 1. The molecule has 0 spiro atoms. The summed E-state index contributed by atoms with van der Waals surface area (Å²) in [6.07, 6.45) is 4.77. The summed E-state index contributed by atoms with van der Waals surface area (Å²) in [4.78, 5) is 16.3. The number of amides is 1. The van der Waals surface area contributed by atoms with Gasteiger partial charge >= 0.3 is 0 Å². The van der Waals surface area contributed by atoms with Crippen molar-refractivity contribution in [1.82, 2.24) is 10.3 Å². The fraction of sp³-hybridized carbons (Fsp3) is 0. The molecule has 0 unspecified atom stereocenters. The Bertz CT molecular complexity index is 1070. The van der Waals surface area contributed by atoms with E-state index in [9.17, 15) is 14.3 Å². The molecule has 124 valence electrons. The van der Waals surface area contributed by atoms with Crippen LogP contribution in [0.4, 0.5) is 4.39 Å². The van der Waals surface area contributed by atoms with Gasteiger partial charge in [-0.15, -0.1) is 0 Å². The number of rotatable bonds is 2. The van der Waals surface area contributed by atoms with Crippen molar-refractivity contribution in [3.05, 3.63) is 53.1 Å². The predicted octanol–water partition coefficient (Wildman–Crippen LogP) is 3.83. The molecule has 0 atom stereocenters. The minimum atomic E-state index is -0.726. The van der Waals surface area contributed by atoms with E-state index in [0.717, 1.165) is 11.8 Å². The fourth-order valence-electron chi connectivity index (χ4n) is 2.48. The van der Waals surface area contributed by atoms with E-state index in [1.165, 1.54) is 12.1 Å². The van der Waals surface area contributed by atoms with Crippen molar-refractivity contribution in [2.45, 2.75) is 0 Å². The number of halogens is 1. The van der Waals surface area contributed by atoms with Gasteiger partial charge < -0.3 is 14.8 Å². The number of carbonyl (C=O) groups excluding carboxylic acids is 1. The molecule has 0 saturated carbocycles. The first-order valence-electron chi connectivity index (χ1n) is 7.12. The number of nitrogens with one attached hydrogen (secondary N) is 1. The number of nitrogens with zero attached hydrogens (tertiary/aromatic N) is 1. The van der Waals surface area contributed by atoms with Crippen LogP contribution in [0.15, 0.2) is 46.0 Å². The highest BCUT2D eigenvalue weighted by Gasteiger charge is 2.23. The van der Waals surface area contributed by atoms with Crippen LogP contribution in [0, 0.1) is 5.82 Å². The molecule has 25 heavy (non-hydrogen) atoms. The van der Waals surface area contributed by atoms with Crippen molar-refractivity contribution in [3.8, 4) is 16.9 Å². The molecule has 1 aromatic carbocycles. The van der Waals surface area contributed by atoms with E-state index in [2.05, 4.69) is 10.3 Å². The van der Waals surface area contributed by atoms with E-state index in [1.807, 2.05) is 0 Å². The van der Waals surface area contributed by atoms with Crippen LogP contribution in [-0.2, 0) is 4.79 Å². The Morgan fingerprint density at radius 3 is 2.88 bits per heavy atom. The minimum Gasteiger partial charge on any atom is -0.505 e. The Morgan fingerprint density at radius 1 is 1.32 bits per heavy atom. The molecule has 2 N–H and O–H groups in total. The SMILES string of the molecule is O=C1NC(=S)S/C1=C/c1cc2cncc(-c3ccc(O)c(F)c3)c2o1. The number of phenolic OH excluding ortho intramolecular Hbond substituents is 1. The fourth-order valence-corrected chi connectivity index (χ4v) is 3.51. The first-order chi connectivity index (χ1) is 12.0. The second-order valence-corrected chi connectivity index (χ2v) is 6.99. The summed E-state index contributed by atoms with van der Waals surface area (Å²) < 4.78 is 19.9. The Balaban J connectivity index is 1.81. The highest BCUT2D eigenvalue weighted by Crippen LogP contribution is 2.34. The summed E-state index contributed by atoms with van der Waals surface area (Å²) in [5.41, 5.74) is 1.62. The molecule has 0 aliphatic carbocycles. The molecule has 5 nitrogen and oxygen atoms in total. The summed E-state index contributed by atoms with van der Waals surface area (Å²) in [5, 5.41) is 12.6. The summed E-state index contributed by atoms with van der Waals surface area (Å²) in [5.74, 6) is -0.954. The third-order valence-electron chi connectivity index (χ3n) is 3.62. The maximum absolute atomic E-state index is 13.7. The summed E-state index contributed by atoms with van der Waals surface area (Å²) in [7, 11) is 0. The zero-order chi connectivity index (χ0) is 17.6. The Labute approximate surface area is 150 Å². The van der Waals surface area contributed by atoms with Gasteiger partial charge in [0.25, 0.3) is 5.91 Å². The number of hydrogen-bond acceptors (Lipinski definition) is 6. The van der Waals surface area contributed by atoms with Gasteiger partial charge in [0.05, 0.1) is 4.91 Å². The van der Waals surface area contributed by atoms with Crippen molar-refractivity contribution in [2.24, 2.45) is 0 Å². The molecule has 1 aliphatic heterocycles. The molecule has 8 heteroatoms. The number of phenols is 1. The van der Waals surface area contributed by atoms with Gasteiger partial charge in [-0.3, -0.25) is 9.78 Å². The summed E-state index contributed by atoms with van der Waals surface area (Å²) >= 11 is 6.12. The van der Waals surface area contributed by atoms with Crippen LogP contribution in [0.3, 0.4) is 0 Å². The maximum Gasteiger partial charge on any atom is 0.263 e. The Hall–Kier alpha value is -2.71. The number of aromatic hydroxyl groups is 1. The third kappa shape index (κ3) is 2.90. The smallest absolute Gasteiger partial charge is 0.263 e. The predicted molar refractivity (Wildman–Crippen MR) is 97.4 cm³/mol. The number of thioether (sulfide) groups is 1. The molecular formula is C17H9FN2O3S2. The molecule has 3 aromatic rings. The number of benzene rings is 1. The number of thiocarbonyl (C=S) groups is 1. The molecule has 1 aliphatic rings. The van der Waals surface area contributed by atoms with Crippen molar-refractivity contribution >= 4 is 51.3 Å². The van der Waals surface area contributed by atoms with E-state index in [0.29, 0.717) is 37.1 Å². The second kappa shape index (κ2) is 5.98. The van der Waals surface area contributed by atoms with Gasteiger partial charge in [0, 0.05) is 29.4 Å². The number of fused-ring (bicyclic) bond motifs is 1. The van der Waals surface area contributed by atoms with Crippen LogP contribution >= 0.6 is 24.0 Å².